The van der Waals surface area contributed by atoms with Gasteiger partial charge < -0.3 is 5.32 Å². The van der Waals surface area contributed by atoms with Crippen molar-refractivity contribution in [3.05, 3.63) is 95.0 Å². The number of anilines is 1. The normalized spacial score (nSPS) is 11.8. The van der Waals surface area contributed by atoms with Gasteiger partial charge in [-0.25, -0.2) is 8.42 Å². The van der Waals surface area contributed by atoms with Crippen LogP contribution in [0.4, 0.5) is 18.9 Å². The zero-order valence-electron chi connectivity index (χ0n) is 16.5. The minimum Gasteiger partial charge on any atom is -0.350 e. The lowest BCUT2D eigenvalue weighted by molar-refractivity contribution is -0.137. The van der Waals surface area contributed by atoms with Crippen molar-refractivity contribution in [1.82, 2.24) is 5.32 Å². The molecule has 0 fully saturated rings. The van der Waals surface area contributed by atoms with Gasteiger partial charge in [-0.15, -0.1) is 0 Å². The fourth-order valence-corrected chi connectivity index (χ4v) is 4.60. The number of alkyl halides is 3. The number of hydrogen-bond acceptors (Lipinski definition) is 3. The highest BCUT2D eigenvalue weighted by atomic mass is 35.5. The number of carbonyl (C=O) groups is 1. The van der Waals surface area contributed by atoms with Crippen LogP contribution in [0.5, 0.6) is 0 Å². The van der Waals surface area contributed by atoms with Crippen LogP contribution in [-0.2, 0) is 27.5 Å². The van der Waals surface area contributed by atoms with Crippen LogP contribution in [0, 0.1) is 0 Å². The van der Waals surface area contributed by atoms with E-state index in [9.17, 15) is 26.4 Å². The smallest absolute Gasteiger partial charge is 0.350 e. The Labute approximate surface area is 188 Å². The second kappa shape index (κ2) is 9.62. The third-order valence-corrected chi connectivity index (χ3v) is 6.59. The molecule has 3 aromatic carbocycles. The van der Waals surface area contributed by atoms with Crippen LogP contribution in [-0.4, -0.2) is 20.9 Å². The van der Waals surface area contributed by atoms with E-state index in [4.69, 9.17) is 11.6 Å². The van der Waals surface area contributed by atoms with Gasteiger partial charge in [0.05, 0.1) is 21.2 Å². The molecule has 10 heteroatoms. The molecule has 0 aliphatic heterocycles. The van der Waals surface area contributed by atoms with Crippen molar-refractivity contribution in [2.45, 2.75) is 17.6 Å². The summed E-state index contributed by atoms with van der Waals surface area (Å²) in [6.45, 7) is -0.639. The summed E-state index contributed by atoms with van der Waals surface area (Å²) in [6, 6.07) is 18.3. The molecule has 0 unspecified atom stereocenters. The fraction of sp³-hybridized carbons (Fsp3) is 0.136. The van der Waals surface area contributed by atoms with Gasteiger partial charge in [-0.2, -0.15) is 13.2 Å². The molecule has 0 radical (unpaired) electrons. The van der Waals surface area contributed by atoms with Crippen molar-refractivity contribution < 1.29 is 26.4 Å². The molecule has 0 aliphatic rings. The molecule has 5 nitrogen and oxygen atoms in total. The standard InChI is InChI=1S/C22H18ClF3N2O3S/c23-19-12-11-17(22(24,25)26)13-20(19)28(32(30,31)18-9-5-2-6-10-18)15-21(29)27-14-16-7-3-1-4-8-16/h1-13H,14-15H2,(H,27,29). The third kappa shape index (κ3) is 5.60. The first-order chi connectivity index (χ1) is 15.1. The molecular formula is C22H18ClF3N2O3S. The predicted octanol–water partition coefficient (Wildman–Crippen LogP) is 4.87. The van der Waals surface area contributed by atoms with Crippen molar-refractivity contribution in [2.24, 2.45) is 0 Å². The SMILES string of the molecule is O=C(CN(c1cc(C(F)(F)F)ccc1Cl)S(=O)(=O)c1ccccc1)NCc1ccccc1. The van der Waals surface area contributed by atoms with Crippen LogP contribution in [0.2, 0.25) is 5.02 Å². The number of hydrogen-bond donors (Lipinski definition) is 1. The van der Waals surface area contributed by atoms with E-state index in [2.05, 4.69) is 5.32 Å². The van der Waals surface area contributed by atoms with Gasteiger partial charge in [0.1, 0.15) is 6.54 Å². The maximum Gasteiger partial charge on any atom is 0.416 e. The summed E-state index contributed by atoms with van der Waals surface area (Å²) in [7, 11) is -4.40. The monoisotopic (exact) mass is 482 g/mol. The van der Waals surface area contributed by atoms with Crippen molar-refractivity contribution in [1.29, 1.82) is 0 Å². The average molecular weight is 483 g/mol. The summed E-state index contributed by atoms with van der Waals surface area (Å²) in [5.74, 6) is -0.707. The molecule has 3 aromatic rings. The second-order valence-electron chi connectivity index (χ2n) is 6.75. The average Bonchev–Trinajstić information content (AvgIpc) is 2.77. The van der Waals surface area contributed by atoms with E-state index >= 15 is 0 Å². The highest BCUT2D eigenvalue weighted by Crippen LogP contribution is 2.37. The summed E-state index contributed by atoms with van der Waals surface area (Å²) < 4.78 is 66.9. The second-order valence-corrected chi connectivity index (χ2v) is 9.02. The van der Waals surface area contributed by atoms with E-state index in [0.29, 0.717) is 10.4 Å². The lowest BCUT2D eigenvalue weighted by Gasteiger charge is -2.26. The molecule has 1 N–H and O–H groups in total. The number of rotatable bonds is 7. The van der Waals surface area contributed by atoms with E-state index in [0.717, 1.165) is 17.7 Å². The number of amides is 1. The highest BCUT2D eigenvalue weighted by Gasteiger charge is 2.34. The molecule has 32 heavy (non-hydrogen) atoms. The summed E-state index contributed by atoms with van der Waals surface area (Å²) in [5, 5.41) is 2.33. The van der Waals surface area contributed by atoms with E-state index in [1.54, 1.807) is 36.4 Å². The summed E-state index contributed by atoms with van der Waals surface area (Å²) in [6.07, 6.45) is -4.73. The van der Waals surface area contributed by atoms with Crippen LogP contribution in [0.15, 0.2) is 83.8 Å². The number of nitrogens with one attached hydrogen (secondary N) is 1. The van der Waals surface area contributed by atoms with E-state index < -0.39 is 39.9 Å². The van der Waals surface area contributed by atoms with Gasteiger partial charge in [-0.1, -0.05) is 60.1 Å². The first-order valence-electron chi connectivity index (χ1n) is 9.34. The van der Waals surface area contributed by atoms with Crippen molar-refractivity contribution in [3.63, 3.8) is 0 Å². The lowest BCUT2D eigenvalue weighted by Crippen LogP contribution is -2.41. The third-order valence-electron chi connectivity index (χ3n) is 4.49. The van der Waals surface area contributed by atoms with Gasteiger partial charge in [-0.3, -0.25) is 9.10 Å². The number of sulfonamides is 1. The first-order valence-corrected chi connectivity index (χ1v) is 11.2. The van der Waals surface area contributed by atoms with Crippen LogP contribution < -0.4 is 9.62 Å². The molecule has 0 atom stereocenters. The van der Waals surface area contributed by atoms with Crippen LogP contribution >= 0.6 is 11.6 Å². The Kier molecular flexibility index (Phi) is 7.10. The Morgan fingerprint density at radius 1 is 0.938 bits per heavy atom. The molecule has 0 aromatic heterocycles. The molecule has 168 valence electrons. The zero-order chi connectivity index (χ0) is 23.4. The number of carbonyl (C=O) groups excluding carboxylic acids is 1. The van der Waals surface area contributed by atoms with Crippen molar-refractivity contribution in [3.8, 4) is 0 Å². The lowest BCUT2D eigenvalue weighted by atomic mass is 10.2. The highest BCUT2D eigenvalue weighted by molar-refractivity contribution is 7.92. The summed E-state index contributed by atoms with van der Waals surface area (Å²) >= 11 is 6.09. The molecule has 0 aliphatic carbocycles. The van der Waals surface area contributed by atoms with Crippen molar-refractivity contribution in [2.75, 3.05) is 10.8 Å². The first kappa shape index (κ1) is 23.6. The predicted molar refractivity (Wildman–Crippen MR) is 116 cm³/mol. The molecule has 0 saturated heterocycles. The summed E-state index contributed by atoms with van der Waals surface area (Å²) in [4.78, 5) is 12.4. The number of nitrogens with zero attached hydrogens (tertiary/aromatic N) is 1. The maximum atomic E-state index is 13.3. The number of benzene rings is 3. The molecular weight excluding hydrogens is 465 g/mol. The largest absolute Gasteiger partial charge is 0.416 e. The summed E-state index contributed by atoms with van der Waals surface area (Å²) in [5.41, 5.74) is -0.759. The quantitative estimate of drug-likeness (QED) is 0.522. The topological polar surface area (TPSA) is 66.5 Å². The number of halogens is 4. The minimum absolute atomic E-state index is 0.120. The minimum atomic E-state index is -4.73. The zero-order valence-corrected chi connectivity index (χ0v) is 18.1. The Bertz CT molecular complexity index is 1190. The van der Waals surface area contributed by atoms with Gasteiger partial charge in [0, 0.05) is 6.54 Å². The van der Waals surface area contributed by atoms with Crippen LogP contribution in [0.1, 0.15) is 11.1 Å². The van der Waals surface area contributed by atoms with Gasteiger partial charge in [0.25, 0.3) is 10.0 Å². The van der Waals surface area contributed by atoms with Crippen LogP contribution in [0.25, 0.3) is 0 Å². The molecule has 0 bridgehead atoms. The Hall–Kier alpha value is -3.04. The van der Waals surface area contributed by atoms with E-state index in [1.807, 2.05) is 0 Å². The molecule has 0 heterocycles. The molecule has 3 rings (SSSR count). The van der Waals surface area contributed by atoms with Crippen molar-refractivity contribution >= 4 is 33.2 Å². The van der Waals surface area contributed by atoms with Gasteiger partial charge in [-0.05, 0) is 35.9 Å². The Balaban J connectivity index is 1.98. The molecule has 1 amide bonds. The fourth-order valence-electron chi connectivity index (χ4n) is 2.88. The van der Waals surface area contributed by atoms with E-state index in [-0.39, 0.29) is 16.5 Å². The maximum absolute atomic E-state index is 13.3. The van der Waals surface area contributed by atoms with Gasteiger partial charge >= 0.3 is 6.18 Å². The van der Waals surface area contributed by atoms with Gasteiger partial charge in [0.15, 0.2) is 0 Å². The van der Waals surface area contributed by atoms with Crippen LogP contribution in [0.3, 0.4) is 0 Å². The van der Waals surface area contributed by atoms with E-state index in [1.165, 1.54) is 24.3 Å². The molecule has 0 saturated carbocycles. The Morgan fingerprint density at radius 2 is 1.53 bits per heavy atom. The molecule has 0 spiro atoms. The van der Waals surface area contributed by atoms with Gasteiger partial charge in [0.2, 0.25) is 5.91 Å². The Morgan fingerprint density at radius 3 is 2.12 bits per heavy atom.